The number of Topliss-reactive ketones (excluding diaryl/α,β-unsaturated/α-hetero) is 1. The second-order valence-corrected chi connectivity index (χ2v) is 12.7. The van der Waals surface area contributed by atoms with E-state index in [0.29, 0.717) is 39.9 Å². The molecule has 1 amide bonds. The summed E-state index contributed by atoms with van der Waals surface area (Å²) >= 11 is 4.14. The predicted molar refractivity (Wildman–Crippen MR) is 152 cm³/mol. The standard InChI is InChI=1S/C27H26N6O2S3/c1-14-7-9-17(11-15(14)2)30-22(35)13-36-27-32-31-26(38-27)33-19-5-4-6-20(34)24(19)23(18(12-28)25(33)29)21-10-8-16(3)37-21/h7-11,23H,4-6,13,29H2,1-3H3,(H,30,35). The number of nitrogens with one attached hydrogen (secondary N) is 1. The molecule has 3 N–H and O–H groups in total. The summed E-state index contributed by atoms with van der Waals surface area (Å²) in [6.45, 7) is 6.04. The molecule has 5 rings (SSSR count). The molecule has 0 radical (unpaired) electrons. The number of nitrogens with zero attached hydrogens (tertiary/aromatic N) is 4. The van der Waals surface area contributed by atoms with Crippen LogP contribution >= 0.6 is 34.4 Å². The Morgan fingerprint density at radius 2 is 2.00 bits per heavy atom. The summed E-state index contributed by atoms with van der Waals surface area (Å²) in [5, 5.41) is 22.1. The molecular weight excluding hydrogens is 537 g/mol. The molecule has 38 heavy (non-hydrogen) atoms. The number of aryl methyl sites for hydroxylation is 3. The summed E-state index contributed by atoms with van der Waals surface area (Å²) < 4.78 is 0.599. The number of hydrogen-bond donors (Lipinski definition) is 2. The average molecular weight is 563 g/mol. The Bertz CT molecular complexity index is 1540. The molecule has 2 aromatic heterocycles. The van der Waals surface area contributed by atoms with Gasteiger partial charge in [0.2, 0.25) is 11.0 Å². The molecule has 0 fully saturated rings. The molecule has 0 saturated heterocycles. The Labute approximate surface area is 233 Å². The van der Waals surface area contributed by atoms with Crippen LogP contribution in [0.2, 0.25) is 0 Å². The van der Waals surface area contributed by atoms with Crippen LogP contribution in [0, 0.1) is 32.1 Å². The van der Waals surface area contributed by atoms with E-state index in [1.54, 1.807) is 16.2 Å². The first-order valence-corrected chi connectivity index (χ1v) is 14.7. The Balaban J connectivity index is 1.39. The van der Waals surface area contributed by atoms with Gasteiger partial charge in [-0.25, -0.2) is 0 Å². The van der Waals surface area contributed by atoms with E-state index < -0.39 is 5.92 Å². The first-order valence-electron chi connectivity index (χ1n) is 12.1. The topological polar surface area (TPSA) is 125 Å². The maximum Gasteiger partial charge on any atom is 0.234 e. The number of nitriles is 1. The number of thiophene rings is 1. The maximum atomic E-state index is 13.2. The van der Waals surface area contributed by atoms with Gasteiger partial charge in [0.05, 0.1) is 23.3 Å². The Morgan fingerprint density at radius 3 is 2.71 bits per heavy atom. The third-order valence-corrected chi connectivity index (χ3v) is 9.77. The molecule has 1 atom stereocenters. The van der Waals surface area contributed by atoms with Gasteiger partial charge < -0.3 is 11.1 Å². The van der Waals surface area contributed by atoms with Gasteiger partial charge in [0.15, 0.2) is 10.1 Å². The maximum absolute atomic E-state index is 13.2. The summed E-state index contributed by atoms with van der Waals surface area (Å²) in [5.74, 6) is -0.126. The highest BCUT2D eigenvalue weighted by atomic mass is 32.2. The highest BCUT2D eigenvalue weighted by molar-refractivity contribution is 8.01. The molecular formula is C27H26N6O2S3. The fourth-order valence-corrected chi connectivity index (χ4v) is 7.37. The Hall–Kier alpha value is -3.46. The van der Waals surface area contributed by atoms with Gasteiger partial charge in [0.25, 0.3) is 0 Å². The van der Waals surface area contributed by atoms with Gasteiger partial charge in [-0.15, -0.1) is 21.5 Å². The molecule has 194 valence electrons. The summed E-state index contributed by atoms with van der Waals surface area (Å²) in [5.41, 5.74) is 11.4. The van der Waals surface area contributed by atoms with Crippen LogP contribution < -0.4 is 16.0 Å². The quantitative estimate of drug-likeness (QED) is 0.374. The highest BCUT2D eigenvalue weighted by Gasteiger charge is 2.41. The largest absolute Gasteiger partial charge is 0.384 e. The third-order valence-electron chi connectivity index (χ3n) is 6.66. The number of rotatable bonds is 6. The van der Waals surface area contributed by atoms with Gasteiger partial charge in [-0.1, -0.05) is 29.2 Å². The number of nitrogens with two attached hydrogens (primary N) is 1. The molecule has 3 heterocycles. The minimum absolute atomic E-state index is 0.0367. The van der Waals surface area contributed by atoms with Gasteiger partial charge in [-0.2, -0.15) is 5.26 Å². The zero-order chi connectivity index (χ0) is 27.0. The van der Waals surface area contributed by atoms with Crippen LogP contribution in [-0.2, 0) is 9.59 Å². The normalized spacial score (nSPS) is 17.5. The van der Waals surface area contributed by atoms with Crippen LogP contribution in [0.3, 0.4) is 0 Å². The SMILES string of the molecule is Cc1ccc(C2C(C#N)=C(N)N(c3nnc(SCC(=O)Nc4ccc(C)c(C)c4)s3)C3=C2C(=O)CCC3)s1. The van der Waals surface area contributed by atoms with E-state index in [4.69, 9.17) is 5.73 Å². The van der Waals surface area contributed by atoms with Gasteiger partial charge >= 0.3 is 0 Å². The summed E-state index contributed by atoms with van der Waals surface area (Å²) in [7, 11) is 0. The molecule has 8 nitrogen and oxygen atoms in total. The van der Waals surface area contributed by atoms with E-state index >= 15 is 0 Å². The molecule has 0 saturated carbocycles. The minimum atomic E-state index is -0.464. The lowest BCUT2D eigenvalue weighted by molar-refractivity contribution is -0.116. The minimum Gasteiger partial charge on any atom is -0.384 e. The highest BCUT2D eigenvalue weighted by Crippen LogP contribution is 2.48. The first kappa shape index (κ1) is 26.2. The number of aromatic nitrogens is 2. The van der Waals surface area contributed by atoms with Crippen LogP contribution in [0.15, 0.2) is 57.3 Å². The van der Waals surface area contributed by atoms with Gasteiger partial charge in [-0.05, 0) is 69.0 Å². The number of benzene rings is 1. The van der Waals surface area contributed by atoms with Crippen LogP contribution in [0.5, 0.6) is 0 Å². The van der Waals surface area contributed by atoms with Crippen molar-refractivity contribution >= 4 is 56.9 Å². The number of anilines is 2. The molecule has 3 aromatic rings. The van der Waals surface area contributed by atoms with E-state index in [1.807, 2.05) is 51.1 Å². The van der Waals surface area contributed by atoms with Crippen LogP contribution in [0.25, 0.3) is 0 Å². The average Bonchev–Trinajstić information content (AvgIpc) is 3.53. The van der Waals surface area contributed by atoms with Gasteiger partial charge in [0.1, 0.15) is 5.82 Å². The fraction of sp³-hybridized carbons (Fsp3) is 0.296. The lowest BCUT2D eigenvalue weighted by Crippen LogP contribution is -2.38. The molecule has 1 unspecified atom stereocenters. The molecule has 1 aliphatic heterocycles. The second kappa shape index (κ2) is 10.7. The zero-order valence-corrected chi connectivity index (χ0v) is 23.6. The van der Waals surface area contributed by atoms with Gasteiger partial charge in [0, 0.05) is 33.1 Å². The molecule has 2 aliphatic rings. The Morgan fingerprint density at radius 1 is 1.18 bits per heavy atom. The fourth-order valence-electron chi connectivity index (χ4n) is 4.69. The zero-order valence-electron chi connectivity index (χ0n) is 21.2. The van der Waals surface area contributed by atoms with Crippen molar-refractivity contribution in [2.45, 2.75) is 50.3 Å². The number of thioether (sulfide) groups is 1. The first-order chi connectivity index (χ1) is 18.3. The lowest BCUT2D eigenvalue weighted by atomic mass is 9.78. The van der Waals surface area contributed by atoms with Crippen LogP contribution in [-0.4, -0.2) is 27.6 Å². The summed E-state index contributed by atoms with van der Waals surface area (Å²) in [6.07, 6.45) is 1.80. The molecule has 1 aliphatic carbocycles. The molecule has 1 aromatic carbocycles. The number of amides is 1. The lowest BCUT2D eigenvalue weighted by Gasteiger charge is -2.37. The number of carbonyl (C=O) groups is 2. The van der Waals surface area contributed by atoms with E-state index in [2.05, 4.69) is 21.6 Å². The van der Waals surface area contributed by atoms with E-state index in [9.17, 15) is 14.9 Å². The van der Waals surface area contributed by atoms with Crippen molar-refractivity contribution in [1.82, 2.24) is 10.2 Å². The van der Waals surface area contributed by atoms with E-state index in [0.717, 1.165) is 26.7 Å². The number of carbonyl (C=O) groups excluding carboxylic acids is 2. The van der Waals surface area contributed by atoms with Crippen molar-refractivity contribution in [3.63, 3.8) is 0 Å². The number of allylic oxidation sites excluding steroid dienone is 3. The molecule has 11 heteroatoms. The predicted octanol–water partition coefficient (Wildman–Crippen LogP) is 5.56. The van der Waals surface area contributed by atoms with Gasteiger partial charge in [-0.3, -0.25) is 14.5 Å². The summed E-state index contributed by atoms with van der Waals surface area (Å²) in [4.78, 5) is 29.5. The van der Waals surface area contributed by atoms with Crippen molar-refractivity contribution in [3.8, 4) is 6.07 Å². The molecule has 0 spiro atoms. The van der Waals surface area contributed by atoms with E-state index in [-0.39, 0.29) is 23.3 Å². The number of ketones is 1. The van der Waals surface area contributed by atoms with Crippen LogP contribution in [0.1, 0.15) is 46.1 Å². The van der Waals surface area contributed by atoms with Crippen molar-refractivity contribution in [3.05, 3.63) is 73.9 Å². The van der Waals surface area contributed by atoms with Crippen molar-refractivity contribution in [2.24, 2.45) is 5.73 Å². The van der Waals surface area contributed by atoms with Crippen molar-refractivity contribution in [1.29, 1.82) is 5.26 Å². The third kappa shape index (κ3) is 4.99. The van der Waals surface area contributed by atoms with Crippen molar-refractivity contribution in [2.75, 3.05) is 16.0 Å². The molecule has 0 bridgehead atoms. The van der Waals surface area contributed by atoms with E-state index in [1.165, 1.54) is 28.7 Å². The second-order valence-electron chi connectivity index (χ2n) is 9.25. The monoisotopic (exact) mass is 562 g/mol. The Kier molecular flexibility index (Phi) is 7.38. The van der Waals surface area contributed by atoms with Crippen LogP contribution in [0.4, 0.5) is 10.8 Å². The summed E-state index contributed by atoms with van der Waals surface area (Å²) in [6, 6.07) is 12.0. The number of hydrogen-bond acceptors (Lipinski definition) is 10. The smallest absolute Gasteiger partial charge is 0.234 e. The van der Waals surface area contributed by atoms with Crippen molar-refractivity contribution < 1.29 is 9.59 Å².